The van der Waals surface area contributed by atoms with Gasteiger partial charge in [0.15, 0.2) is 0 Å². The van der Waals surface area contributed by atoms with Crippen LogP contribution in [0.2, 0.25) is 5.02 Å². The Bertz CT molecular complexity index is 1130. The molecule has 5 nitrogen and oxygen atoms in total. The predicted molar refractivity (Wildman–Crippen MR) is 119 cm³/mol. The van der Waals surface area contributed by atoms with Crippen LogP contribution in [0.3, 0.4) is 0 Å². The molecule has 0 aliphatic carbocycles. The lowest BCUT2D eigenvalue weighted by atomic mass is 10.0. The molecule has 2 unspecified atom stereocenters. The highest BCUT2D eigenvalue weighted by atomic mass is 35.5. The molecule has 0 radical (unpaired) electrons. The summed E-state index contributed by atoms with van der Waals surface area (Å²) in [6.07, 6.45) is 0.590. The first-order valence-electron chi connectivity index (χ1n) is 9.92. The Morgan fingerprint density at radius 3 is 2.60 bits per heavy atom. The number of benzene rings is 3. The van der Waals surface area contributed by atoms with E-state index in [9.17, 15) is 9.59 Å². The lowest BCUT2D eigenvalue weighted by Crippen LogP contribution is -2.44. The van der Waals surface area contributed by atoms with E-state index in [1.54, 1.807) is 0 Å². The molecule has 5 rings (SSSR count). The van der Waals surface area contributed by atoms with Gasteiger partial charge in [0.05, 0.1) is 11.4 Å². The Labute approximate surface area is 179 Å². The van der Waals surface area contributed by atoms with E-state index in [-0.39, 0.29) is 23.9 Å². The number of carbonyl (C=O) groups is 2. The molecule has 1 saturated heterocycles. The van der Waals surface area contributed by atoms with Crippen LogP contribution in [0, 0.1) is 0 Å². The zero-order chi connectivity index (χ0) is 20.7. The fraction of sp³-hybridized carbons (Fsp3) is 0.167. The maximum atomic E-state index is 12.8. The van der Waals surface area contributed by atoms with Crippen molar-refractivity contribution in [2.75, 3.05) is 16.8 Å². The number of anilines is 2. The second kappa shape index (κ2) is 7.50. The Balaban J connectivity index is 1.29. The van der Waals surface area contributed by atoms with Crippen LogP contribution in [-0.2, 0) is 4.79 Å². The summed E-state index contributed by atoms with van der Waals surface area (Å²) in [6, 6.07) is 22.5. The molecular formula is C24H20ClN3O2. The zero-order valence-electron chi connectivity index (χ0n) is 16.1. The molecule has 2 N–H and O–H groups in total. The Morgan fingerprint density at radius 2 is 1.80 bits per heavy atom. The molecule has 2 amide bonds. The number of para-hydroxylation sites is 2. The topological polar surface area (TPSA) is 61.4 Å². The molecule has 2 aliphatic rings. The fourth-order valence-electron chi connectivity index (χ4n) is 4.25. The minimum Gasteiger partial charge on any atom is -0.356 e. The molecule has 0 aromatic heterocycles. The molecular weight excluding hydrogens is 398 g/mol. The van der Waals surface area contributed by atoms with E-state index in [4.69, 9.17) is 11.6 Å². The molecule has 2 aliphatic heterocycles. The summed E-state index contributed by atoms with van der Waals surface area (Å²) >= 11 is 6.07. The van der Waals surface area contributed by atoms with Crippen LogP contribution in [0.4, 0.5) is 11.4 Å². The first-order chi connectivity index (χ1) is 14.6. The zero-order valence-corrected chi connectivity index (χ0v) is 16.9. The van der Waals surface area contributed by atoms with Gasteiger partial charge in [0.1, 0.15) is 6.04 Å². The van der Waals surface area contributed by atoms with Crippen molar-refractivity contribution in [3.8, 4) is 11.1 Å². The first kappa shape index (κ1) is 18.7. The SMILES string of the molecule is O=C(NC1CC2C(=O)Nc3ccccc3N2C1)c1ccc(-c2cccc(Cl)c2)cc1. The van der Waals surface area contributed by atoms with E-state index in [1.807, 2.05) is 72.8 Å². The molecule has 2 heterocycles. The first-order valence-corrected chi connectivity index (χ1v) is 10.3. The van der Waals surface area contributed by atoms with Gasteiger partial charge in [-0.05, 0) is 53.9 Å². The third kappa shape index (κ3) is 3.42. The summed E-state index contributed by atoms with van der Waals surface area (Å²) < 4.78 is 0. The lowest BCUT2D eigenvalue weighted by Gasteiger charge is -2.32. The van der Waals surface area contributed by atoms with Crippen LogP contribution in [-0.4, -0.2) is 30.4 Å². The van der Waals surface area contributed by atoms with Crippen molar-refractivity contribution in [3.63, 3.8) is 0 Å². The van der Waals surface area contributed by atoms with Gasteiger partial charge in [-0.1, -0.05) is 48.0 Å². The van der Waals surface area contributed by atoms with E-state index < -0.39 is 0 Å². The van der Waals surface area contributed by atoms with Gasteiger partial charge in [0.25, 0.3) is 5.91 Å². The molecule has 0 bridgehead atoms. The van der Waals surface area contributed by atoms with Crippen molar-refractivity contribution >= 4 is 34.8 Å². The Kier molecular flexibility index (Phi) is 4.68. The quantitative estimate of drug-likeness (QED) is 0.666. The van der Waals surface area contributed by atoms with Gasteiger partial charge in [-0.25, -0.2) is 0 Å². The highest BCUT2D eigenvalue weighted by Gasteiger charge is 2.41. The molecule has 150 valence electrons. The number of rotatable bonds is 3. The van der Waals surface area contributed by atoms with E-state index in [0.717, 1.165) is 22.5 Å². The van der Waals surface area contributed by atoms with Gasteiger partial charge in [0.2, 0.25) is 5.91 Å². The van der Waals surface area contributed by atoms with Gasteiger partial charge in [0, 0.05) is 23.2 Å². The van der Waals surface area contributed by atoms with Crippen molar-refractivity contribution in [1.29, 1.82) is 0 Å². The molecule has 30 heavy (non-hydrogen) atoms. The highest BCUT2D eigenvalue weighted by molar-refractivity contribution is 6.30. The van der Waals surface area contributed by atoms with Crippen LogP contribution < -0.4 is 15.5 Å². The number of hydrogen-bond donors (Lipinski definition) is 2. The molecule has 6 heteroatoms. The summed E-state index contributed by atoms with van der Waals surface area (Å²) in [5.41, 5.74) is 4.43. The average molecular weight is 418 g/mol. The second-order valence-electron chi connectivity index (χ2n) is 7.67. The standard InChI is InChI=1S/C24H20ClN3O2/c25-18-5-3-4-17(12-18)15-8-10-16(11-9-15)23(29)26-19-13-22-24(30)27-20-6-1-2-7-21(20)28(22)14-19/h1-12,19,22H,13-14H2,(H,26,29)(H,27,30). The van der Waals surface area contributed by atoms with Crippen molar-refractivity contribution < 1.29 is 9.59 Å². The smallest absolute Gasteiger partial charge is 0.251 e. The number of hydrogen-bond acceptors (Lipinski definition) is 3. The number of nitrogens with zero attached hydrogens (tertiary/aromatic N) is 1. The van der Waals surface area contributed by atoms with Crippen LogP contribution >= 0.6 is 11.6 Å². The predicted octanol–water partition coefficient (Wildman–Crippen LogP) is 4.34. The Hall–Kier alpha value is -3.31. The van der Waals surface area contributed by atoms with E-state index in [1.165, 1.54) is 0 Å². The minimum atomic E-state index is -0.254. The highest BCUT2D eigenvalue weighted by Crippen LogP contribution is 2.36. The van der Waals surface area contributed by atoms with Crippen LogP contribution in [0.1, 0.15) is 16.8 Å². The minimum absolute atomic E-state index is 0.0173. The number of halogens is 1. The number of amides is 2. The summed E-state index contributed by atoms with van der Waals surface area (Å²) in [6.45, 7) is 0.613. The maximum absolute atomic E-state index is 12.8. The lowest BCUT2D eigenvalue weighted by molar-refractivity contribution is -0.117. The average Bonchev–Trinajstić information content (AvgIpc) is 3.18. The van der Waals surface area contributed by atoms with Gasteiger partial charge < -0.3 is 15.5 Å². The number of carbonyl (C=O) groups excluding carboxylic acids is 2. The summed E-state index contributed by atoms with van der Waals surface area (Å²) in [7, 11) is 0. The van der Waals surface area contributed by atoms with E-state index >= 15 is 0 Å². The third-order valence-corrected chi connectivity index (χ3v) is 5.95. The molecule has 3 aromatic rings. The summed E-state index contributed by atoms with van der Waals surface area (Å²) in [4.78, 5) is 27.3. The number of fused-ring (bicyclic) bond motifs is 3. The van der Waals surface area contributed by atoms with Crippen molar-refractivity contribution in [3.05, 3.63) is 83.4 Å². The Morgan fingerprint density at radius 1 is 1.00 bits per heavy atom. The monoisotopic (exact) mass is 417 g/mol. The van der Waals surface area contributed by atoms with Gasteiger partial charge in [-0.2, -0.15) is 0 Å². The van der Waals surface area contributed by atoms with Gasteiger partial charge >= 0.3 is 0 Å². The van der Waals surface area contributed by atoms with E-state index in [2.05, 4.69) is 15.5 Å². The van der Waals surface area contributed by atoms with Gasteiger partial charge in [-0.15, -0.1) is 0 Å². The van der Waals surface area contributed by atoms with Crippen LogP contribution in [0.15, 0.2) is 72.8 Å². The second-order valence-corrected chi connectivity index (χ2v) is 8.10. The summed E-state index contributed by atoms with van der Waals surface area (Å²) in [5, 5.41) is 6.73. The van der Waals surface area contributed by atoms with Crippen LogP contribution in [0.25, 0.3) is 11.1 Å². The summed E-state index contributed by atoms with van der Waals surface area (Å²) in [5.74, 6) is -0.150. The normalized spacial score (nSPS) is 19.6. The molecule has 1 fully saturated rings. The molecule has 0 spiro atoms. The van der Waals surface area contributed by atoms with Crippen molar-refractivity contribution in [2.45, 2.75) is 18.5 Å². The maximum Gasteiger partial charge on any atom is 0.251 e. The number of nitrogens with one attached hydrogen (secondary N) is 2. The van der Waals surface area contributed by atoms with E-state index in [0.29, 0.717) is 23.6 Å². The van der Waals surface area contributed by atoms with Crippen molar-refractivity contribution in [2.24, 2.45) is 0 Å². The van der Waals surface area contributed by atoms with Crippen molar-refractivity contribution in [1.82, 2.24) is 5.32 Å². The van der Waals surface area contributed by atoms with Crippen LogP contribution in [0.5, 0.6) is 0 Å². The molecule has 3 aromatic carbocycles. The molecule has 2 atom stereocenters. The largest absolute Gasteiger partial charge is 0.356 e. The fourth-order valence-corrected chi connectivity index (χ4v) is 4.44. The van der Waals surface area contributed by atoms with Gasteiger partial charge in [-0.3, -0.25) is 9.59 Å². The molecule has 0 saturated carbocycles. The third-order valence-electron chi connectivity index (χ3n) is 5.72.